The molecule has 3 aromatic rings. The first-order valence-corrected chi connectivity index (χ1v) is 9.50. The monoisotopic (exact) mass is 419 g/mol. The lowest BCUT2D eigenvalue weighted by atomic mass is 10.1. The summed E-state index contributed by atoms with van der Waals surface area (Å²) in [5, 5.41) is 15.5. The number of nitrogens with zero attached hydrogens (tertiary/aromatic N) is 3. The fraction of sp³-hybridized carbons (Fsp3) is 0.182. The number of anilines is 3. The molecule has 2 N–H and O–H groups in total. The second-order valence-electron chi connectivity index (χ2n) is 6.82. The molecule has 1 amide bonds. The molecule has 8 nitrogen and oxygen atoms in total. The first kappa shape index (κ1) is 20.3. The molecule has 156 valence electrons. The highest BCUT2D eigenvalue weighted by molar-refractivity contribution is 6.03. The summed E-state index contributed by atoms with van der Waals surface area (Å²) in [4.78, 5) is 20.5. The first-order chi connectivity index (χ1) is 15.1. The van der Waals surface area contributed by atoms with Gasteiger partial charge in [0.25, 0.3) is 0 Å². The maximum absolute atomic E-state index is 13.6. The zero-order valence-corrected chi connectivity index (χ0v) is 16.4. The number of amides is 1. The van der Waals surface area contributed by atoms with E-state index in [2.05, 4.69) is 27.2 Å². The summed E-state index contributed by atoms with van der Waals surface area (Å²) >= 11 is 0. The Bertz CT molecular complexity index is 1200. The molecule has 2 aromatic carbocycles. The Morgan fingerprint density at radius 1 is 1.35 bits per heavy atom. The maximum Gasteiger partial charge on any atom is 0.247 e. The van der Waals surface area contributed by atoms with Gasteiger partial charge in [-0.2, -0.15) is 5.26 Å². The first-order valence-electron chi connectivity index (χ1n) is 9.50. The van der Waals surface area contributed by atoms with E-state index in [9.17, 15) is 9.18 Å². The summed E-state index contributed by atoms with van der Waals surface area (Å²) < 4.78 is 25.0. The SMILES string of the molecule is C=CC(=O)Nc1cc2c(Nc3ccc(F)c(C#N)c3)ncnc2cc1O[C@@H]1CCOC1. The fourth-order valence-electron chi connectivity index (χ4n) is 3.17. The molecule has 4 rings (SSSR count). The van der Waals surface area contributed by atoms with Gasteiger partial charge in [0.1, 0.15) is 35.9 Å². The fourth-order valence-corrected chi connectivity index (χ4v) is 3.17. The Labute approximate surface area is 177 Å². The molecule has 9 heteroatoms. The summed E-state index contributed by atoms with van der Waals surface area (Å²) in [6.07, 6.45) is 3.16. The van der Waals surface area contributed by atoms with Crippen molar-refractivity contribution >= 4 is 34.0 Å². The van der Waals surface area contributed by atoms with Crippen molar-refractivity contribution in [2.75, 3.05) is 23.8 Å². The molecule has 0 bridgehead atoms. The Morgan fingerprint density at radius 2 is 2.23 bits per heavy atom. The summed E-state index contributed by atoms with van der Waals surface area (Å²) in [5.41, 5.74) is 1.40. The van der Waals surface area contributed by atoms with Crippen molar-refractivity contribution in [1.29, 1.82) is 5.26 Å². The van der Waals surface area contributed by atoms with E-state index < -0.39 is 11.7 Å². The minimum Gasteiger partial charge on any atom is -0.486 e. The summed E-state index contributed by atoms with van der Waals surface area (Å²) in [5.74, 6) is -0.120. The van der Waals surface area contributed by atoms with Crippen LogP contribution in [-0.4, -0.2) is 35.2 Å². The smallest absolute Gasteiger partial charge is 0.247 e. The number of carbonyl (C=O) groups excluding carboxylic acids is 1. The summed E-state index contributed by atoms with van der Waals surface area (Å²) in [6.45, 7) is 4.57. The van der Waals surface area contributed by atoms with Crippen LogP contribution in [0.3, 0.4) is 0 Å². The van der Waals surface area contributed by atoms with Crippen molar-refractivity contribution in [2.24, 2.45) is 0 Å². The van der Waals surface area contributed by atoms with Crippen LogP contribution < -0.4 is 15.4 Å². The molecular formula is C22H18FN5O3. The number of carbonyl (C=O) groups is 1. The number of benzene rings is 2. The third kappa shape index (κ3) is 4.44. The molecule has 2 heterocycles. The van der Waals surface area contributed by atoms with Crippen LogP contribution in [0.15, 0.2) is 49.3 Å². The lowest BCUT2D eigenvalue weighted by molar-refractivity contribution is -0.111. The van der Waals surface area contributed by atoms with Crippen molar-refractivity contribution in [3.8, 4) is 11.8 Å². The number of nitrogens with one attached hydrogen (secondary N) is 2. The number of ether oxygens (including phenoxy) is 2. The third-order valence-corrected chi connectivity index (χ3v) is 4.71. The van der Waals surface area contributed by atoms with Crippen molar-refractivity contribution < 1.29 is 18.7 Å². The number of hydrogen-bond donors (Lipinski definition) is 2. The van der Waals surface area contributed by atoms with Crippen molar-refractivity contribution in [2.45, 2.75) is 12.5 Å². The molecule has 1 aliphatic rings. The molecule has 0 radical (unpaired) electrons. The van der Waals surface area contributed by atoms with Gasteiger partial charge in [-0.15, -0.1) is 0 Å². The minimum atomic E-state index is -0.604. The molecule has 1 saturated heterocycles. The molecule has 1 atom stereocenters. The molecule has 1 aromatic heterocycles. The van der Waals surface area contributed by atoms with Crippen LogP contribution in [-0.2, 0) is 9.53 Å². The molecule has 1 aliphatic heterocycles. The zero-order valence-electron chi connectivity index (χ0n) is 16.4. The topological polar surface area (TPSA) is 109 Å². The van der Waals surface area contributed by atoms with Gasteiger partial charge in [-0.3, -0.25) is 4.79 Å². The predicted octanol–water partition coefficient (Wildman–Crippen LogP) is 3.68. The van der Waals surface area contributed by atoms with Crippen LogP contribution in [0.1, 0.15) is 12.0 Å². The molecule has 1 fully saturated rings. The molecule has 0 spiro atoms. The van der Waals surface area contributed by atoms with Gasteiger partial charge in [-0.25, -0.2) is 14.4 Å². The van der Waals surface area contributed by atoms with Crippen LogP contribution in [0.4, 0.5) is 21.6 Å². The third-order valence-electron chi connectivity index (χ3n) is 4.71. The minimum absolute atomic E-state index is 0.0863. The number of nitriles is 1. The van der Waals surface area contributed by atoms with Crippen molar-refractivity contribution in [3.63, 3.8) is 0 Å². The van der Waals surface area contributed by atoms with E-state index in [4.69, 9.17) is 14.7 Å². The molecule has 0 saturated carbocycles. The predicted molar refractivity (Wildman–Crippen MR) is 113 cm³/mol. The second kappa shape index (κ2) is 8.77. The lowest BCUT2D eigenvalue weighted by Gasteiger charge is -2.17. The van der Waals surface area contributed by atoms with E-state index in [1.807, 2.05) is 0 Å². The number of rotatable bonds is 6. The molecule has 0 unspecified atom stereocenters. The number of aromatic nitrogens is 2. The number of fused-ring (bicyclic) bond motifs is 1. The van der Waals surface area contributed by atoms with E-state index in [-0.39, 0.29) is 11.7 Å². The van der Waals surface area contributed by atoms with Crippen molar-refractivity contribution in [3.05, 3.63) is 60.7 Å². The van der Waals surface area contributed by atoms with Gasteiger partial charge in [0, 0.05) is 23.6 Å². The Hall–Kier alpha value is -4.03. The Balaban J connectivity index is 1.75. The van der Waals surface area contributed by atoms with Gasteiger partial charge in [0.05, 0.1) is 30.0 Å². The highest BCUT2D eigenvalue weighted by atomic mass is 19.1. The second-order valence-corrected chi connectivity index (χ2v) is 6.82. The van der Waals surface area contributed by atoms with E-state index >= 15 is 0 Å². The van der Waals surface area contributed by atoms with Crippen LogP contribution in [0.2, 0.25) is 0 Å². The van der Waals surface area contributed by atoms with Crippen LogP contribution >= 0.6 is 0 Å². The Kier molecular flexibility index (Phi) is 5.73. The van der Waals surface area contributed by atoms with Gasteiger partial charge < -0.3 is 20.1 Å². The zero-order chi connectivity index (χ0) is 21.8. The average molecular weight is 419 g/mol. The molecule has 0 aliphatic carbocycles. The Morgan fingerprint density at radius 3 is 2.97 bits per heavy atom. The molecule has 31 heavy (non-hydrogen) atoms. The number of hydrogen-bond acceptors (Lipinski definition) is 7. The highest BCUT2D eigenvalue weighted by Crippen LogP contribution is 2.34. The van der Waals surface area contributed by atoms with Crippen molar-refractivity contribution in [1.82, 2.24) is 9.97 Å². The molecular weight excluding hydrogens is 401 g/mol. The van der Waals surface area contributed by atoms with E-state index in [0.717, 1.165) is 12.5 Å². The average Bonchev–Trinajstić information content (AvgIpc) is 3.29. The largest absolute Gasteiger partial charge is 0.486 e. The highest BCUT2D eigenvalue weighted by Gasteiger charge is 2.20. The van der Waals surface area contributed by atoms with Gasteiger partial charge >= 0.3 is 0 Å². The van der Waals surface area contributed by atoms with Gasteiger partial charge in [-0.1, -0.05) is 6.58 Å². The van der Waals surface area contributed by atoms with Crippen LogP contribution in [0, 0.1) is 17.1 Å². The standard InChI is InChI=1S/C22H18FN5O3/c1-2-21(29)28-19-8-16-18(9-20(19)31-15-5-6-30-11-15)25-12-26-22(16)27-14-3-4-17(23)13(7-14)10-24/h2-4,7-9,12,15H,1,5-6,11H2,(H,28,29)(H,25,26,27)/t15-/m1/s1. The normalized spacial score (nSPS) is 15.3. The summed E-state index contributed by atoms with van der Waals surface area (Å²) in [6, 6.07) is 9.31. The van der Waals surface area contributed by atoms with Crippen LogP contribution in [0.25, 0.3) is 10.9 Å². The van der Waals surface area contributed by atoms with E-state index in [1.165, 1.54) is 24.5 Å². The van der Waals surface area contributed by atoms with Gasteiger partial charge in [0.15, 0.2) is 0 Å². The van der Waals surface area contributed by atoms with Gasteiger partial charge in [0.2, 0.25) is 5.91 Å². The maximum atomic E-state index is 13.6. The van der Waals surface area contributed by atoms with Gasteiger partial charge in [-0.05, 0) is 30.3 Å². The van der Waals surface area contributed by atoms with E-state index in [1.54, 1.807) is 18.2 Å². The summed E-state index contributed by atoms with van der Waals surface area (Å²) in [7, 11) is 0. The quantitative estimate of drug-likeness (QED) is 0.587. The van der Waals surface area contributed by atoms with Crippen LogP contribution in [0.5, 0.6) is 5.75 Å². The lowest BCUT2D eigenvalue weighted by Crippen LogP contribution is -2.18. The number of halogens is 1. The van der Waals surface area contributed by atoms with E-state index in [0.29, 0.717) is 47.1 Å².